The minimum atomic E-state index is 0.562. The molecule has 0 fully saturated rings. The van der Waals surface area contributed by atoms with Crippen LogP contribution in [-0.4, -0.2) is 17.4 Å². The molecule has 3 nitrogen and oxygen atoms in total. The highest BCUT2D eigenvalue weighted by Gasteiger charge is 2.07. The molecule has 0 amide bonds. The summed E-state index contributed by atoms with van der Waals surface area (Å²) in [5, 5.41) is 0. The Morgan fingerprint density at radius 2 is 1.92 bits per heavy atom. The van der Waals surface area contributed by atoms with Gasteiger partial charge in [-0.1, -0.05) is 42.5 Å². The van der Waals surface area contributed by atoms with E-state index in [4.69, 9.17) is 12.2 Å². The summed E-state index contributed by atoms with van der Waals surface area (Å²) < 4.78 is 0. The second-order valence-corrected chi connectivity index (χ2v) is 3.20. The Balaban J connectivity index is 2.23. The Hall–Kier alpha value is -1.42. The quantitative estimate of drug-likeness (QED) is 0.647. The molecule has 1 aliphatic rings. The minimum absolute atomic E-state index is 0.562. The van der Waals surface area contributed by atoms with Crippen LogP contribution in [-0.2, 0) is 0 Å². The Morgan fingerprint density at radius 1 is 1.15 bits per heavy atom. The molecule has 0 unspecified atom stereocenters. The van der Waals surface area contributed by atoms with Crippen molar-refractivity contribution in [2.75, 3.05) is 6.54 Å². The van der Waals surface area contributed by atoms with Crippen LogP contribution in [0.3, 0.4) is 0 Å². The second kappa shape index (κ2) is 3.53. The van der Waals surface area contributed by atoms with Gasteiger partial charge in [0.1, 0.15) is 10.8 Å². The Kier molecular flexibility index (Phi) is 2.23. The summed E-state index contributed by atoms with van der Waals surface area (Å²) in [5.41, 5.74) is 6.89. The van der Waals surface area contributed by atoms with E-state index in [-0.39, 0.29) is 0 Å². The zero-order valence-electron chi connectivity index (χ0n) is 6.95. The summed E-state index contributed by atoms with van der Waals surface area (Å²) in [7, 11) is 0. The number of hydrogen-bond acceptors (Lipinski definition) is 3. The lowest BCUT2D eigenvalue weighted by atomic mass is 10.2. The van der Waals surface area contributed by atoms with Gasteiger partial charge in [0.05, 0.1) is 6.54 Å². The van der Waals surface area contributed by atoms with E-state index in [0.717, 1.165) is 16.4 Å². The monoisotopic (exact) mass is 191 g/mol. The van der Waals surface area contributed by atoms with Gasteiger partial charge in [-0.05, 0) is 0 Å². The topological polar surface area (TPSA) is 36.4 Å². The number of hydrazine groups is 1. The largest absolute Gasteiger partial charge is 0.291 e. The molecule has 66 valence electrons. The maximum atomic E-state index is 4.93. The van der Waals surface area contributed by atoms with Crippen molar-refractivity contribution in [3.63, 3.8) is 0 Å². The van der Waals surface area contributed by atoms with Crippen LogP contribution >= 0.6 is 12.2 Å². The maximum Gasteiger partial charge on any atom is 0.147 e. The van der Waals surface area contributed by atoms with Gasteiger partial charge in [-0.15, -0.1) is 0 Å². The number of aliphatic imine (C=N–C) groups is 1. The van der Waals surface area contributed by atoms with Gasteiger partial charge in [0.25, 0.3) is 0 Å². The lowest BCUT2D eigenvalue weighted by molar-refractivity contribution is 0.833. The van der Waals surface area contributed by atoms with Crippen LogP contribution in [0.1, 0.15) is 5.56 Å². The molecule has 2 rings (SSSR count). The van der Waals surface area contributed by atoms with E-state index < -0.39 is 0 Å². The third kappa shape index (κ3) is 1.84. The highest BCUT2D eigenvalue weighted by Crippen LogP contribution is 2.00. The smallest absolute Gasteiger partial charge is 0.147 e. The van der Waals surface area contributed by atoms with Gasteiger partial charge in [0.2, 0.25) is 0 Å². The van der Waals surface area contributed by atoms with Crippen molar-refractivity contribution in [2.24, 2.45) is 4.99 Å². The van der Waals surface area contributed by atoms with Gasteiger partial charge in [-0.25, -0.2) is 0 Å². The number of thiocarbonyl (C=S) groups is 1. The summed E-state index contributed by atoms with van der Waals surface area (Å²) in [6.45, 7) is 0.562. The molecule has 0 spiro atoms. The van der Waals surface area contributed by atoms with E-state index in [2.05, 4.69) is 15.8 Å². The zero-order valence-corrected chi connectivity index (χ0v) is 7.77. The maximum absolute atomic E-state index is 4.93. The van der Waals surface area contributed by atoms with Crippen molar-refractivity contribution in [2.45, 2.75) is 0 Å². The molecule has 1 heterocycles. The lowest BCUT2D eigenvalue weighted by Gasteiger charge is -2.17. The Bertz CT molecular complexity index is 345. The number of nitrogens with zero attached hydrogens (tertiary/aromatic N) is 1. The summed E-state index contributed by atoms with van der Waals surface area (Å²) in [4.78, 5) is 5.00. The fourth-order valence-corrected chi connectivity index (χ4v) is 1.23. The molecular weight excluding hydrogens is 182 g/mol. The van der Waals surface area contributed by atoms with Crippen molar-refractivity contribution in [3.05, 3.63) is 35.9 Å². The van der Waals surface area contributed by atoms with Crippen molar-refractivity contribution in [1.29, 1.82) is 0 Å². The van der Waals surface area contributed by atoms with E-state index in [1.807, 2.05) is 30.3 Å². The van der Waals surface area contributed by atoms with E-state index >= 15 is 0 Å². The van der Waals surface area contributed by atoms with E-state index in [9.17, 15) is 0 Å². The molecular formula is C9H9N3S. The third-order valence-electron chi connectivity index (χ3n) is 1.75. The zero-order chi connectivity index (χ0) is 9.10. The number of benzene rings is 1. The van der Waals surface area contributed by atoms with Crippen LogP contribution < -0.4 is 10.9 Å². The van der Waals surface area contributed by atoms with Crippen LogP contribution in [0.25, 0.3) is 0 Å². The average molecular weight is 191 g/mol. The highest BCUT2D eigenvalue weighted by atomic mass is 32.1. The second-order valence-electron chi connectivity index (χ2n) is 2.70. The molecule has 1 aromatic carbocycles. The summed E-state index contributed by atoms with van der Waals surface area (Å²) in [6, 6.07) is 9.94. The third-order valence-corrected chi connectivity index (χ3v) is 1.98. The summed E-state index contributed by atoms with van der Waals surface area (Å²) in [5.74, 6) is 0.842. The first kappa shape index (κ1) is 8.19. The standard InChI is InChI=1S/C9H9N3S/c13-8-6-10-9(12-11-8)7-4-2-1-3-5-7/h1-5H,6H2,(H,10,12)(H,11,13). The molecule has 4 heteroatoms. The highest BCUT2D eigenvalue weighted by molar-refractivity contribution is 7.80. The number of nitrogens with one attached hydrogen (secondary N) is 2. The van der Waals surface area contributed by atoms with Crippen LogP contribution in [0.2, 0.25) is 0 Å². The first-order valence-corrected chi connectivity index (χ1v) is 4.42. The Morgan fingerprint density at radius 3 is 2.54 bits per heavy atom. The van der Waals surface area contributed by atoms with Gasteiger partial charge in [0, 0.05) is 5.56 Å². The normalized spacial score (nSPS) is 15.7. The van der Waals surface area contributed by atoms with Crippen molar-refractivity contribution in [1.82, 2.24) is 10.9 Å². The molecule has 1 aliphatic heterocycles. The molecule has 0 saturated carbocycles. The predicted octanol–water partition coefficient (Wildman–Crippen LogP) is 0.868. The van der Waals surface area contributed by atoms with Gasteiger partial charge in [0.15, 0.2) is 0 Å². The Labute approximate surface area is 81.8 Å². The van der Waals surface area contributed by atoms with E-state index in [0.29, 0.717) is 6.54 Å². The molecule has 0 bridgehead atoms. The van der Waals surface area contributed by atoms with Gasteiger partial charge >= 0.3 is 0 Å². The number of hydrogen-bond donors (Lipinski definition) is 2. The molecule has 0 aromatic heterocycles. The molecule has 0 radical (unpaired) electrons. The fourth-order valence-electron chi connectivity index (χ4n) is 1.12. The van der Waals surface area contributed by atoms with E-state index in [1.165, 1.54) is 0 Å². The first-order valence-electron chi connectivity index (χ1n) is 4.01. The summed E-state index contributed by atoms with van der Waals surface area (Å²) >= 11 is 4.93. The van der Waals surface area contributed by atoms with Gasteiger partial charge in [-0.2, -0.15) is 0 Å². The van der Waals surface area contributed by atoms with Gasteiger partial charge in [-0.3, -0.25) is 15.8 Å². The van der Waals surface area contributed by atoms with Crippen molar-refractivity contribution in [3.8, 4) is 0 Å². The van der Waals surface area contributed by atoms with Crippen LogP contribution in [0.4, 0.5) is 0 Å². The van der Waals surface area contributed by atoms with Crippen LogP contribution in [0, 0.1) is 0 Å². The number of amidine groups is 1. The fraction of sp³-hybridized carbons (Fsp3) is 0.111. The average Bonchev–Trinajstić information content (AvgIpc) is 2.20. The predicted molar refractivity (Wildman–Crippen MR) is 56.7 cm³/mol. The molecule has 13 heavy (non-hydrogen) atoms. The number of rotatable bonds is 1. The van der Waals surface area contributed by atoms with Crippen LogP contribution in [0.5, 0.6) is 0 Å². The van der Waals surface area contributed by atoms with Gasteiger partial charge < -0.3 is 0 Å². The molecule has 1 aromatic rings. The molecule has 0 atom stereocenters. The lowest BCUT2D eigenvalue weighted by Crippen LogP contribution is -2.46. The molecule has 0 aliphatic carbocycles. The van der Waals surface area contributed by atoms with Crippen LogP contribution in [0.15, 0.2) is 35.3 Å². The SMILES string of the molecule is S=C1CN=C(c2ccccc2)NN1. The first-order chi connectivity index (χ1) is 6.36. The van der Waals surface area contributed by atoms with Crippen molar-refractivity contribution >= 4 is 23.0 Å². The molecule has 2 N–H and O–H groups in total. The van der Waals surface area contributed by atoms with Crippen molar-refractivity contribution < 1.29 is 0 Å². The summed E-state index contributed by atoms with van der Waals surface area (Å²) in [6.07, 6.45) is 0. The minimum Gasteiger partial charge on any atom is -0.291 e. The molecule has 0 saturated heterocycles. The van der Waals surface area contributed by atoms with E-state index in [1.54, 1.807) is 0 Å².